The standard InChI is InChI=1S/C18H25N3O5.C18H24N2O4.C17H20N2O5.C17H21NO5/c1-13(22)11-26-12-18(25)21(3)15-6-4-14(5-7-15)10-17(24)20-9-8-16(23)19-2;1-13(19-3)9-17(22)10-15-5-7-16(8-6-15)20(4)18(23)12-24-11-14(2)21;1-12(20)10-24-11-17(23)18(2)14-5-3-13(4-6-14)9-16(22)19-8-7-15(19)21;1-12(19)8-16(21)9-14-4-6-15(7-5-14)18(3)17(22)11-23-10-13(2)20/h4-7H,8-12H2,1-3H3,(H,19,23)(H,20,24);5-9,19H,10-12H2,1-4H3;3-6H,7-11H2,1-2H3;4-7H,8-11H2,1-3H3/b;13-9-;;. The zero-order valence-corrected chi connectivity index (χ0v) is 57.3. The summed E-state index contributed by atoms with van der Waals surface area (Å²) < 4.78 is 20.0. The van der Waals surface area contributed by atoms with Crippen LogP contribution in [0.5, 0.6) is 0 Å². The Bertz CT molecular complexity index is 3400. The Morgan fingerprint density at radius 2 is 0.753 bits per heavy atom. The van der Waals surface area contributed by atoms with Crippen LogP contribution in [0, 0.1) is 0 Å². The zero-order valence-electron chi connectivity index (χ0n) is 57.3. The van der Waals surface area contributed by atoms with Crippen LogP contribution in [-0.2, 0) is 117 Å². The molecule has 1 aliphatic rings. The summed E-state index contributed by atoms with van der Waals surface area (Å²) in [6.07, 6.45) is 3.02. The SMILES string of the molecule is CC(=O)COCC(=O)N(C)c1ccc(CC(=O)CC(C)=O)cc1.CC(=O)COCC(=O)N(C)c1ccc(CC(=O)N2CCC2=O)cc1.CN/C(C)=C\C(=O)Cc1ccc(N(C)C(=O)COCC(C)=O)cc1.CNC(=O)CCNC(=O)Cc1ccc(N(C)C(=O)COCC(C)=O)cc1. The largest absolute Gasteiger partial charge is 0.392 e. The van der Waals surface area contributed by atoms with E-state index >= 15 is 0 Å². The van der Waals surface area contributed by atoms with E-state index in [0.29, 0.717) is 42.1 Å². The van der Waals surface area contributed by atoms with Gasteiger partial charge in [-0.1, -0.05) is 48.5 Å². The number of ether oxygens (including phenoxy) is 4. The fourth-order valence-electron chi connectivity index (χ4n) is 8.11. The Balaban J connectivity index is 0.000000440. The fraction of sp³-hybridized carbons (Fsp3) is 0.414. The van der Waals surface area contributed by atoms with E-state index in [4.69, 9.17) is 18.9 Å². The number of rotatable bonds is 35. The number of hydrogen-bond donors (Lipinski definition) is 3. The maximum absolute atomic E-state index is 12.0. The summed E-state index contributed by atoms with van der Waals surface area (Å²) in [5.41, 5.74) is 6.71. The molecule has 1 aliphatic heterocycles. The lowest BCUT2D eigenvalue weighted by Gasteiger charge is -2.28. The first-order chi connectivity index (χ1) is 45.8. The minimum atomic E-state index is -0.272. The maximum Gasteiger partial charge on any atom is 0.252 e. The van der Waals surface area contributed by atoms with Crippen molar-refractivity contribution in [1.82, 2.24) is 20.9 Å². The lowest BCUT2D eigenvalue weighted by Crippen LogP contribution is -2.48. The lowest BCUT2D eigenvalue weighted by molar-refractivity contribution is -0.152. The topological polar surface area (TPSA) is 345 Å². The molecule has 0 radical (unpaired) electrons. The van der Waals surface area contributed by atoms with Crippen LogP contribution in [0.3, 0.4) is 0 Å². The summed E-state index contributed by atoms with van der Waals surface area (Å²) in [6, 6.07) is 28.0. The molecule has 0 unspecified atom stereocenters. The number of β-lactam (4-membered cyclic amide) rings is 1. The number of Topliss-reactive ketones (excluding diaryl/α,β-unsaturated/α-hetero) is 6. The highest BCUT2D eigenvalue weighted by atomic mass is 16.5. The summed E-state index contributed by atoms with van der Waals surface area (Å²) in [7, 11) is 9.77. The van der Waals surface area contributed by atoms with Crippen molar-refractivity contribution >= 4 is 110 Å². The molecule has 3 N–H and O–H groups in total. The first-order valence-electron chi connectivity index (χ1n) is 30.7. The molecule has 0 aliphatic carbocycles. The molecule has 0 saturated carbocycles. The van der Waals surface area contributed by atoms with Gasteiger partial charge in [0.1, 0.15) is 64.4 Å². The third kappa shape index (κ3) is 34.2. The van der Waals surface area contributed by atoms with Crippen LogP contribution in [0.25, 0.3) is 0 Å². The number of carbonyl (C=O) groups excluding carboxylic acids is 15. The Hall–Kier alpha value is -10.1. The summed E-state index contributed by atoms with van der Waals surface area (Å²) >= 11 is 0. The molecule has 0 atom stereocenters. The van der Waals surface area contributed by atoms with E-state index in [1.54, 1.807) is 133 Å². The van der Waals surface area contributed by atoms with Crippen LogP contribution in [0.1, 0.15) is 83.1 Å². The number of benzene rings is 4. The first kappa shape index (κ1) is 83.0. The van der Waals surface area contributed by atoms with Gasteiger partial charge in [0.25, 0.3) is 23.6 Å². The van der Waals surface area contributed by atoms with Gasteiger partial charge in [-0.25, -0.2) is 0 Å². The lowest BCUT2D eigenvalue weighted by atomic mass is 10.1. The van der Waals surface area contributed by atoms with Gasteiger partial charge in [0, 0.05) is 116 Å². The van der Waals surface area contributed by atoms with E-state index in [-0.39, 0.29) is 179 Å². The van der Waals surface area contributed by atoms with E-state index in [2.05, 4.69) is 16.0 Å². The number of hydrogen-bond acceptors (Lipinski definition) is 20. The van der Waals surface area contributed by atoms with Crippen molar-refractivity contribution in [2.45, 2.75) is 86.5 Å². The number of ketones is 7. The average molecular weight is 1350 g/mol. The van der Waals surface area contributed by atoms with Crippen molar-refractivity contribution in [2.75, 3.05) is 128 Å². The van der Waals surface area contributed by atoms with Crippen molar-refractivity contribution in [1.29, 1.82) is 0 Å². The second-order valence-corrected chi connectivity index (χ2v) is 22.4. The van der Waals surface area contributed by atoms with E-state index in [1.807, 2.05) is 19.1 Å². The van der Waals surface area contributed by atoms with Crippen molar-refractivity contribution in [3.05, 3.63) is 131 Å². The predicted molar refractivity (Wildman–Crippen MR) is 361 cm³/mol. The Kier molecular flexibility index (Phi) is 38.1. The summed E-state index contributed by atoms with van der Waals surface area (Å²) in [6.45, 7) is 8.57. The van der Waals surface area contributed by atoms with Crippen LogP contribution in [0.2, 0.25) is 0 Å². The molecular formula is C70H90N8O19. The second-order valence-electron chi connectivity index (χ2n) is 22.4. The summed E-state index contributed by atoms with van der Waals surface area (Å²) in [5, 5.41) is 8.07. The van der Waals surface area contributed by atoms with Gasteiger partial charge in [0.05, 0.1) is 19.3 Å². The number of carbonyl (C=O) groups is 15. The molecule has 0 spiro atoms. The smallest absolute Gasteiger partial charge is 0.252 e. The maximum atomic E-state index is 12.0. The van der Waals surface area contributed by atoms with Gasteiger partial charge in [-0.05, 0) is 112 Å². The molecule has 8 amide bonds. The quantitative estimate of drug-likeness (QED) is 0.0337. The average Bonchev–Trinajstić information content (AvgIpc) is 0.867. The van der Waals surface area contributed by atoms with Crippen molar-refractivity contribution in [2.24, 2.45) is 0 Å². The number of likely N-dealkylation sites (tertiary alicyclic amines) is 1. The minimum Gasteiger partial charge on any atom is -0.392 e. The Labute approximate surface area is 565 Å². The summed E-state index contributed by atoms with van der Waals surface area (Å²) in [5.74, 6) is -2.52. The van der Waals surface area contributed by atoms with Crippen LogP contribution in [-0.4, -0.2) is 201 Å². The number of nitrogens with one attached hydrogen (secondary N) is 3. The molecule has 1 heterocycles. The van der Waals surface area contributed by atoms with Gasteiger partial charge in [-0.15, -0.1) is 0 Å². The molecule has 0 bridgehead atoms. The molecule has 0 aromatic heterocycles. The van der Waals surface area contributed by atoms with E-state index in [1.165, 1.54) is 59.1 Å². The van der Waals surface area contributed by atoms with Crippen LogP contribution in [0.15, 0.2) is 109 Å². The van der Waals surface area contributed by atoms with Gasteiger partial charge in [0.15, 0.2) is 28.9 Å². The van der Waals surface area contributed by atoms with Crippen LogP contribution < -0.4 is 35.6 Å². The highest BCUT2D eigenvalue weighted by Gasteiger charge is 2.29. The van der Waals surface area contributed by atoms with Crippen LogP contribution in [0.4, 0.5) is 22.7 Å². The molecule has 4 aromatic carbocycles. The first-order valence-corrected chi connectivity index (χ1v) is 30.7. The number of likely N-dealkylation sites (N-methyl/N-ethyl adjacent to an activating group) is 4. The molecule has 4 aromatic rings. The third-order valence-electron chi connectivity index (χ3n) is 13.7. The van der Waals surface area contributed by atoms with E-state index < -0.39 is 0 Å². The predicted octanol–water partition coefficient (Wildman–Crippen LogP) is 3.44. The number of nitrogens with zero attached hydrogens (tertiary/aromatic N) is 5. The second kappa shape index (κ2) is 44.6. The van der Waals surface area contributed by atoms with Crippen molar-refractivity contribution in [3.8, 4) is 0 Å². The van der Waals surface area contributed by atoms with Gasteiger partial charge < -0.3 is 54.5 Å². The van der Waals surface area contributed by atoms with Gasteiger partial charge in [-0.2, -0.15) is 0 Å². The highest BCUT2D eigenvalue weighted by Crippen LogP contribution is 2.20. The molecule has 97 heavy (non-hydrogen) atoms. The number of anilines is 4. The zero-order chi connectivity index (χ0) is 72.7. The van der Waals surface area contributed by atoms with Gasteiger partial charge in [0.2, 0.25) is 23.6 Å². The van der Waals surface area contributed by atoms with Crippen LogP contribution >= 0.6 is 0 Å². The van der Waals surface area contributed by atoms with E-state index in [0.717, 1.165) is 28.0 Å². The van der Waals surface area contributed by atoms with Gasteiger partial charge in [-0.3, -0.25) is 76.8 Å². The number of imide groups is 1. The third-order valence-corrected chi connectivity index (χ3v) is 13.7. The minimum absolute atomic E-state index is 0.0108. The van der Waals surface area contributed by atoms with Gasteiger partial charge >= 0.3 is 0 Å². The summed E-state index contributed by atoms with van der Waals surface area (Å²) in [4.78, 5) is 178. The molecule has 1 saturated heterocycles. The molecule has 524 valence electrons. The fourth-order valence-corrected chi connectivity index (χ4v) is 8.11. The Morgan fingerprint density at radius 1 is 0.423 bits per heavy atom. The normalized spacial score (nSPS) is 11.2. The highest BCUT2D eigenvalue weighted by molar-refractivity contribution is 6.01. The molecule has 27 heteroatoms. The monoisotopic (exact) mass is 1350 g/mol. The molecule has 5 rings (SSSR count). The Morgan fingerprint density at radius 3 is 1.04 bits per heavy atom. The molecular weight excluding hydrogens is 1260 g/mol. The number of amides is 8. The van der Waals surface area contributed by atoms with Crippen molar-refractivity contribution < 1.29 is 90.9 Å². The van der Waals surface area contributed by atoms with Crippen molar-refractivity contribution in [3.63, 3.8) is 0 Å². The number of allylic oxidation sites excluding steroid dienone is 2. The molecule has 27 nitrogen and oxygen atoms in total. The molecule has 1 fully saturated rings. The van der Waals surface area contributed by atoms with E-state index in [9.17, 15) is 71.9 Å².